The molecular formula is C16H17Cl2N3O2S. The predicted molar refractivity (Wildman–Crippen MR) is 100 cm³/mol. The normalized spacial score (nSPS) is 15.8. The second-order valence-corrected chi connectivity index (χ2v) is 6.88. The molecule has 2 amide bonds. The second kappa shape index (κ2) is 8.55. The van der Waals surface area contributed by atoms with Crippen LogP contribution in [0.5, 0.6) is 0 Å². The van der Waals surface area contributed by atoms with Crippen LogP contribution in [0.3, 0.4) is 0 Å². The Balaban J connectivity index is 2.11. The number of likely N-dealkylation sites (N-methyl/N-ethyl adjacent to an activating group) is 1. The van der Waals surface area contributed by atoms with Crippen molar-refractivity contribution in [2.75, 3.05) is 19.3 Å². The highest BCUT2D eigenvalue weighted by atomic mass is 35.5. The van der Waals surface area contributed by atoms with Crippen molar-refractivity contribution in [1.29, 1.82) is 0 Å². The Bertz CT molecular complexity index is 719. The molecule has 128 valence electrons. The van der Waals surface area contributed by atoms with E-state index in [1.165, 1.54) is 16.7 Å². The van der Waals surface area contributed by atoms with Gasteiger partial charge in [-0.15, -0.1) is 0 Å². The summed E-state index contributed by atoms with van der Waals surface area (Å²) in [4.78, 5) is 29.7. The third-order valence-electron chi connectivity index (χ3n) is 3.19. The first kappa shape index (κ1) is 18.8. The van der Waals surface area contributed by atoms with Crippen LogP contribution in [0.4, 0.5) is 0 Å². The van der Waals surface area contributed by atoms with Gasteiger partial charge in [0.15, 0.2) is 5.17 Å². The highest BCUT2D eigenvalue weighted by Crippen LogP contribution is 2.27. The maximum Gasteiger partial charge on any atom is 0.278 e. The summed E-state index contributed by atoms with van der Waals surface area (Å²) in [5, 5.41) is 4.24. The first-order valence-electron chi connectivity index (χ1n) is 7.35. The third-order valence-corrected chi connectivity index (χ3v) is 4.78. The number of nitrogens with one attached hydrogen (secondary N) is 1. The molecule has 0 radical (unpaired) electrons. The van der Waals surface area contributed by atoms with Gasteiger partial charge in [0, 0.05) is 23.6 Å². The van der Waals surface area contributed by atoms with Gasteiger partial charge in [0.2, 0.25) is 5.91 Å². The number of halogens is 2. The minimum absolute atomic E-state index is 0.0800. The molecule has 1 aromatic rings. The molecule has 0 fully saturated rings. The molecule has 0 unspecified atom stereocenters. The van der Waals surface area contributed by atoms with Gasteiger partial charge >= 0.3 is 0 Å². The zero-order valence-corrected chi connectivity index (χ0v) is 15.6. The Labute approximate surface area is 155 Å². The lowest BCUT2D eigenvalue weighted by Gasteiger charge is -2.10. The lowest BCUT2D eigenvalue weighted by atomic mass is 10.2. The monoisotopic (exact) mass is 385 g/mol. The fraction of sp³-hybridized carbons (Fsp3) is 0.312. The maximum absolute atomic E-state index is 12.3. The minimum atomic E-state index is -0.238. The average Bonchev–Trinajstić information content (AvgIpc) is 2.81. The van der Waals surface area contributed by atoms with Crippen molar-refractivity contribution in [3.8, 4) is 0 Å². The Kier molecular flexibility index (Phi) is 6.71. The molecule has 1 N–H and O–H groups in total. The van der Waals surface area contributed by atoms with Crippen molar-refractivity contribution in [3.63, 3.8) is 0 Å². The maximum atomic E-state index is 12.3. The van der Waals surface area contributed by atoms with E-state index in [1.807, 2.05) is 6.92 Å². The van der Waals surface area contributed by atoms with E-state index in [1.54, 1.807) is 31.3 Å². The number of carbonyl (C=O) groups is 2. The summed E-state index contributed by atoms with van der Waals surface area (Å²) in [6, 6.07) is 5.03. The highest BCUT2D eigenvalue weighted by molar-refractivity contribution is 8.14. The number of aliphatic imine (C=N–C) groups is 1. The largest absolute Gasteiger partial charge is 0.355 e. The molecule has 2 rings (SSSR count). The summed E-state index contributed by atoms with van der Waals surface area (Å²) >= 11 is 13.2. The van der Waals surface area contributed by atoms with Gasteiger partial charge in [-0.3, -0.25) is 14.5 Å². The summed E-state index contributed by atoms with van der Waals surface area (Å²) in [5.41, 5.74) is 0.937. The minimum Gasteiger partial charge on any atom is -0.355 e. The molecule has 1 aromatic carbocycles. The van der Waals surface area contributed by atoms with Crippen LogP contribution in [0.2, 0.25) is 10.0 Å². The molecule has 1 heterocycles. The predicted octanol–water partition coefficient (Wildman–Crippen LogP) is 3.42. The van der Waals surface area contributed by atoms with E-state index in [9.17, 15) is 9.59 Å². The van der Waals surface area contributed by atoms with E-state index in [2.05, 4.69) is 10.3 Å². The number of amidine groups is 1. The fourth-order valence-electron chi connectivity index (χ4n) is 1.92. The van der Waals surface area contributed by atoms with E-state index in [-0.39, 0.29) is 23.3 Å². The zero-order valence-electron chi connectivity index (χ0n) is 13.3. The molecule has 0 aromatic heterocycles. The van der Waals surface area contributed by atoms with Crippen LogP contribution in [0.1, 0.15) is 18.9 Å². The number of carbonyl (C=O) groups excluding carboxylic acids is 2. The van der Waals surface area contributed by atoms with Gasteiger partial charge in [0.05, 0.1) is 5.75 Å². The fourth-order valence-corrected chi connectivity index (χ4v) is 3.18. The molecule has 8 heteroatoms. The van der Waals surface area contributed by atoms with Crippen molar-refractivity contribution in [2.45, 2.75) is 13.3 Å². The van der Waals surface area contributed by atoms with Gasteiger partial charge < -0.3 is 5.32 Å². The average molecular weight is 386 g/mol. The summed E-state index contributed by atoms with van der Waals surface area (Å²) < 4.78 is 0. The van der Waals surface area contributed by atoms with Crippen molar-refractivity contribution in [3.05, 3.63) is 39.5 Å². The van der Waals surface area contributed by atoms with Crippen molar-refractivity contribution in [1.82, 2.24) is 10.2 Å². The molecule has 24 heavy (non-hydrogen) atoms. The van der Waals surface area contributed by atoms with Crippen LogP contribution in [0, 0.1) is 0 Å². The van der Waals surface area contributed by atoms with Crippen LogP contribution in [-0.2, 0) is 9.59 Å². The number of rotatable bonds is 5. The van der Waals surface area contributed by atoms with Crippen LogP contribution in [0.25, 0.3) is 6.08 Å². The Morgan fingerprint density at radius 3 is 2.83 bits per heavy atom. The molecule has 0 spiro atoms. The number of nitrogens with zero attached hydrogens (tertiary/aromatic N) is 2. The Hall–Kier alpha value is -1.50. The zero-order chi connectivity index (χ0) is 17.7. The Morgan fingerprint density at radius 2 is 2.17 bits per heavy atom. The first-order chi connectivity index (χ1) is 11.4. The molecule has 0 atom stereocenters. The summed E-state index contributed by atoms with van der Waals surface area (Å²) in [5.74, 6) is -0.105. The van der Waals surface area contributed by atoms with Crippen LogP contribution >= 0.6 is 35.0 Å². The SMILES string of the molecule is CCCNC(=O)CSC1=N/C(=C/c2ccc(Cl)cc2Cl)C(=O)N1C. The summed E-state index contributed by atoms with van der Waals surface area (Å²) in [6.45, 7) is 2.63. The van der Waals surface area contributed by atoms with Crippen LogP contribution < -0.4 is 5.32 Å². The molecule has 1 aliphatic heterocycles. The molecule has 0 bridgehead atoms. The molecular weight excluding hydrogens is 369 g/mol. The molecule has 5 nitrogen and oxygen atoms in total. The molecule has 1 aliphatic rings. The van der Waals surface area contributed by atoms with Gasteiger partial charge in [-0.25, -0.2) is 4.99 Å². The van der Waals surface area contributed by atoms with Gasteiger partial charge in [0.25, 0.3) is 5.91 Å². The summed E-state index contributed by atoms with van der Waals surface area (Å²) in [6.07, 6.45) is 2.49. The smallest absolute Gasteiger partial charge is 0.278 e. The van der Waals surface area contributed by atoms with E-state index < -0.39 is 0 Å². The van der Waals surface area contributed by atoms with Gasteiger partial charge in [-0.2, -0.15) is 0 Å². The van der Waals surface area contributed by atoms with Crippen molar-refractivity contribution >= 4 is 58.0 Å². The molecule has 0 aliphatic carbocycles. The Morgan fingerprint density at radius 1 is 1.42 bits per heavy atom. The number of hydrogen-bond donors (Lipinski definition) is 1. The first-order valence-corrected chi connectivity index (χ1v) is 9.09. The van der Waals surface area contributed by atoms with Gasteiger partial charge in [0.1, 0.15) is 5.70 Å². The van der Waals surface area contributed by atoms with Gasteiger partial charge in [-0.1, -0.05) is 48.0 Å². The van der Waals surface area contributed by atoms with E-state index >= 15 is 0 Å². The quantitative estimate of drug-likeness (QED) is 0.789. The third kappa shape index (κ3) is 4.75. The highest BCUT2D eigenvalue weighted by Gasteiger charge is 2.27. The lowest BCUT2D eigenvalue weighted by molar-refractivity contribution is -0.121. The molecule has 0 saturated heterocycles. The van der Waals surface area contributed by atoms with Crippen LogP contribution in [-0.4, -0.2) is 41.2 Å². The van der Waals surface area contributed by atoms with Crippen molar-refractivity contribution < 1.29 is 9.59 Å². The van der Waals surface area contributed by atoms with E-state index in [0.717, 1.165) is 6.42 Å². The second-order valence-electron chi connectivity index (χ2n) is 5.09. The number of amides is 2. The standard InChI is InChI=1S/C16H17Cl2N3O2S/c1-3-6-19-14(22)9-24-16-20-13(15(23)21(16)2)7-10-4-5-11(17)8-12(10)18/h4-5,7-8H,3,6,9H2,1-2H3,(H,19,22)/b13-7+. The number of hydrogen-bond acceptors (Lipinski definition) is 4. The topological polar surface area (TPSA) is 61.8 Å². The van der Waals surface area contributed by atoms with E-state index in [4.69, 9.17) is 23.2 Å². The lowest BCUT2D eigenvalue weighted by Crippen LogP contribution is -2.29. The number of thioether (sulfide) groups is 1. The molecule has 0 saturated carbocycles. The van der Waals surface area contributed by atoms with Gasteiger partial charge in [-0.05, 0) is 30.2 Å². The van der Waals surface area contributed by atoms with Crippen molar-refractivity contribution in [2.24, 2.45) is 4.99 Å². The summed E-state index contributed by atoms with van der Waals surface area (Å²) in [7, 11) is 1.63. The van der Waals surface area contributed by atoms with Crippen LogP contribution in [0.15, 0.2) is 28.9 Å². The number of benzene rings is 1. The van der Waals surface area contributed by atoms with E-state index in [0.29, 0.717) is 27.3 Å².